The third kappa shape index (κ3) is 8.27. The van der Waals surface area contributed by atoms with Gasteiger partial charge in [-0.25, -0.2) is 22.1 Å². The maximum atomic E-state index is 14.8. The number of nitrogens with zero attached hydrogens (tertiary/aromatic N) is 1. The summed E-state index contributed by atoms with van der Waals surface area (Å²) in [5.74, 6) is -8.18. The van der Waals surface area contributed by atoms with Crippen molar-refractivity contribution in [3.8, 4) is 23.0 Å². The number of alkyl halides is 3. The lowest BCUT2D eigenvalue weighted by molar-refractivity contribution is -0.545. The van der Waals surface area contributed by atoms with E-state index in [9.17, 15) is 30.7 Å². The minimum atomic E-state index is -5.66. The third-order valence-corrected chi connectivity index (χ3v) is 9.06. The lowest BCUT2D eigenvalue weighted by Crippen LogP contribution is -3.00. The molecule has 4 aromatic rings. The summed E-state index contributed by atoms with van der Waals surface area (Å²) in [6.07, 6.45) is -3.69. The first-order chi connectivity index (χ1) is 24.1. The number of methoxy groups -OCH3 is 3. The molecule has 1 heterocycles. The van der Waals surface area contributed by atoms with Gasteiger partial charge in [0.1, 0.15) is 18.7 Å². The van der Waals surface area contributed by atoms with Crippen LogP contribution in [0, 0.1) is 23.3 Å². The average Bonchev–Trinajstić information content (AvgIpc) is 3.09. The fourth-order valence-electron chi connectivity index (χ4n) is 6.27. The molecule has 0 N–H and O–H groups in total. The van der Waals surface area contributed by atoms with Crippen LogP contribution in [0.5, 0.6) is 23.0 Å². The van der Waals surface area contributed by atoms with Crippen molar-refractivity contribution in [2.24, 2.45) is 0 Å². The minimum Gasteiger partial charge on any atom is -1.00 e. The molecular weight excluding hydrogens is 715 g/mol. The van der Waals surface area contributed by atoms with Gasteiger partial charge in [-0.15, -0.1) is 0 Å². The van der Waals surface area contributed by atoms with Crippen molar-refractivity contribution in [3.63, 3.8) is 0 Å². The van der Waals surface area contributed by atoms with Gasteiger partial charge in [0.05, 0.1) is 32.5 Å². The zero-order valence-electron chi connectivity index (χ0n) is 29.5. The number of para-hydroxylation sites is 1. The molecule has 0 radical (unpaired) electrons. The molecule has 13 heteroatoms. The normalized spacial score (nSPS) is 13.0. The SMILES string of the molecule is COc1cc2c(cc1OC)C(CCc1ccc(C(C)(C)C)cc1)=[N+](Cc1cccc(OC)c1OCc1c(F)c(F)c(C(F)(F)F)c(F)c1F)CC2.[Cl-]. The van der Waals surface area contributed by atoms with Gasteiger partial charge in [0, 0.05) is 18.4 Å². The molecule has 1 aliphatic rings. The topological polar surface area (TPSA) is 39.9 Å². The monoisotopic (exact) mass is 753 g/mol. The molecule has 0 aliphatic carbocycles. The molecule has 1 aliphatic heterocycles. The zero-order valence-corrected chi connectivity index (χ0v) is 30.3. The number of halogens is 8. The van der Waals surface area contributed by atoms with Crippen molar-refractivity contribution in [2.45, 2.75) is 64.8 Å². The Kier molecular flexibility index (Phi) is 12.5. The van der Waals surface area contributed by atoms with Gasteiger partial charge in [-0.2, -0.15) is 13.2 Å². The van der Waals surface area contributed by atoms with Crippen molar-refractivity contribution >= 4 is 5.71 Å². The predicted octanol–water partition coefficient (Wildman–Crippen LogP) is 6.36. The van der Waals surface area contributed by atoms with E-state index in [1.165, 1.54) is 18.7 Å². The summed E-state index contributed by atoms with van der Waals surface area (Å²) in [4.78, 5) is 0. The molecule has 0 amide bonds. The Bertz CT molecular complexity index is 1930. The Hall–Kier alpha value is -4.45. The first-order valence-corrected chi connectivity index (χ1v) is 16.2. The number of aryl methyl sites for hydroxylation is 1. The van der Waals surface area contributed by atoms with E-state index in [0.717, 1.165) is 22.4 Å². The van der Waals surface area contributed by atoms with Crippen LogP contribution in [0.15, 0.2) is 54.6 Å². The number of benzene rings is 4. The highest BCUT2D eigenvalue weighted by atomic mass is 35.5. The average molecular weight is 754 g/mol. The summed E-state index contributed by atoms with van der Waals surface area (Å²) in [6.45, 7) is 6.13. The van der Waals surface area contributed by atoms with E-state index >= 15 is 0 Å². The van der Waals surface area contributed by atoms with Crippen molar-refractivity contribution in [1.82, 2.24) is 0 Å². The summed E-state index contributed by atoms with van der Waals surface area (Å²) in [7, 11) is 4.46. The Morgan fingerprint density at radius 1 is 0.731 bits per heavy atom. The molecule has 0 fully saturated rings. The Balaban J connectivity index is 0.00000605. The van der Waals surface area contributed by atoms with Crippen LogP contribution in [0.4, 0.5) is 30.7 Å². The fraction of sp³-hybridized carbons (Fsp3) is 0.359. The quantitative estimate of drug-likeness (QED) is 0.102. The third-order valence-electron chi connectivity index (χ3n) is 9.06. The van der Waals surface area contributed by atoms with Crippen LogP contribution in [-0.2, 0) is 37.6 Å². The van der Waals surface area contributed by atoms with Crippen molar-refractivity contribution < 1.29 is 66.7 Å². The van der Waals surface area contributed by atoms with E-state index in [1.807, 2.05) is 12.1 Å². The predicted molar refractivity (Wildman–Crippen MR) is 178 cm³/mol. The summed E-state index contributed by atoms with van der Waals surface area (Å²) in [6, 6.07) is 17.3. The molecule has 0 atom stereocenters. The number of fused-ring (bicyclic) bond motifs is 1. The van der Waals surface area contributed by atoms with E-state index < -0.39 is 47.2 Å². The first kappa shape index (κ1) is 40.3. The summed E-state index contributed by atoms with van der Waals surface area (Å²) in [5, 5.41) is 0. The summed E-state index contributed by atoms with van der Waals surface area (Å²) in [5.41, 5.74) is 1.87. The first-order valence-electron chi connectivity index (χ1n) is 16.2. The van der Waals surface area contributed by atoms with E-state index in [0.29, 0.717) is 42.9 Å². The van der Waals surface area contributed by atoms with Crippen molar-refractivity contribution in [3.05, 3.63) is 117 Å². The van der Waals surface area contributed by atoms with Crippen LogP contribution in [0.2, 0.25) is 0 Å². The molecule has 5 rings (SSSR count). The molecule has 0 spiro atoms. The molecule has 280 valence electrons. The smallest absolute Gasteiger partial charge is 0.422 e. The van der Waals surface area contributed by atoms with Crippen LogP contribution in [0.25, 0.3) is 0 Å². The Labute approximate surface area is 304 Å². The van der Waals surface area contributed by atoms with Gasteiger partial charge in [-0.1, -0.05) is 51.1 Å². The minimum absolute atomic E-state index is 0. The lowest BCUT2D eigenvalue weighted by Gasteiger charge is -2.22. The molecule has 0 saturated carbocycles. The second kappa shape index (κ2) is 16.1. The molecule has 0 unspecified atom stereocenters. The Morgan fingerprint density at radius 3 is 1.88 bits per heavy atom. The molecule has 52 heavy (non-hydrogen) atoms. The van der Waals surface area contributed by atoms with E-state index in [4.69, 9.17) is 18.9 Å². The lowest BCUT2D eigenvalue weighted by atomic mass is 9.86. The van der Waals surface area contributed by atoms with Crippen molar-refractivity contribution in [2.75, 3.05) is 27.9 Å². The molecular formula is C39H39ClF7NO4. The van der Waals surface area contributed by atoms with Crippen LogP contribution in [-0.4, -0.2) is 38.2 Å². The number of hydrogen-bond acceptors (Lipinski definition) is 4. The highest BCUT2D eigenvalue weighted by Gasteiger charge is 2.42. The Morgan fingerprint density at radius 2 is 1.33 bits per heavy atom. The number of rotatable bonds is 11. The number of hydrogen-bond donors (Lipinski definition) is 0. The van der Waals surface area contributed by atoms with Gasteiger partial charge < -0.3 is 31.4 Å². The number of ether oxygens (including phenoxy) is 4. The van der Waals surface area contributed by atoms with Crippen LogP contribution < -0.4 is 31.4 Å². The standard InChI is InChI=1S/C39H39F7NO4.ClH/c1-38(2,3)25-13-10-22(11-14-25)12-15-28-26-19-31(50-6)30(49-5)18-23(26)16-17-47(28)20-24-8-7-9-29(48-4)37(24)51-21-27-33(40)35(42)32(39(44,45)46)36(43)34(27)41;/h7-11,13-14,18-19H,12,15-17,20-21H2,1-6H3;1H/q+1;/p-1. The highest BCUT2D eigenvalue weighted by Crippen LogP contribution is 2.39. The van der Waals surface area contributed by atoms with Gasteiger partial charge in [0.2, 0.25) is 0 Å². The molecule has 0 saturated heterocycles. The second-order valence-corrected chi connectivity index (χ2v) is 13.3. The van der Waals surface area contributed by atoms with Gasteiger partial charge >= 0.3 is 6.18 Å². The van der Waals surface area contributed by atoms with Gasteiger partial charge in [0.25, 0.3) is 0 Å². The van der Waals surface area contributed by atoms with Gasteiger partial charge in [-0.05, 0) is 52.8 Å². The fourth-order valence-corrected chi connectivity index (χ4v) is 6.27. The molecule has 0 bridgehead atoms. The van der Waals surface area contributed by atoms with Gasteiger partial charge in [0.15, 0.2) is 58.5 Å². The van der Waals surface area contributed by atoms with E-state index in [-0.39, 0.29) is 35.9 Å². The molecule has 0 aromatic heterocycles. The van der Waals surface area contributed by atoms with Crippen LogP contribution in [0.1, 0.15) is 66.1 Å². The second-order valence-electron chi connectivity index (χ2n) is 13.3. The zero-order chi connectivity index (χ0) is 37.2. The van der Waals surface area contributed by atoms with Gasteiger partial charge in [-0.3, -0.25) is 0 Å². The summed E-state index contributed by atoms with van der Waals surface area (Å²) < 4.78 is 122. The summed E-state index contributed by atoms with van der Waals surface area (Å²) >= 11 is 0. The van der Waals surface area contributed by atoms with Crippen molar-refractivity contribution in [1.29, 1.82) is 0 Å². The maximum Gasteiger partial charge on any atom is 0.422 e. The highest BCUT2D eigenvalue weighted by molar-refractivity contribution is 5.99. The van der Waals surface area contributed by atoms with Crippen LogP contribution >= 0.6 is 0 Å². The van der Waals surface area contributed by atoms with E-state index in [2.05, 4.69) is 49.6 Å². The van der Waals surface area contributed by atoms with E-state index in [1.54, 1.807) is 26.4 Å². The maximum absolute atomic E-state index is 14.8. The largest absolute Gasteiger partial charge is 1.00 e. The van der Waals surface area contributed by atoms with Crippen LogP contribution in [0.3, 0.4) is 0 Å². The molecule has 4 aromatic carbocycles. The molecule has 5 nitrogen and oxygen atoms in total.